The van der Waals surface area contributed by atoms with E-state index in [1.807, 2.05) is 19.1 Å². The molecular formula is C23H29N5O. The van der Waals surface area contributed by atoms with E-state index in [4.69, 9.17) is 0 Å². The molecule has 0 radical (unpaired) electrons. The predicted molar refractivity (Wildman–Crippen MR) is 118 cm³/mol. The van der Waals surface area contributed by atoms with Crippen LogP contribution in [0.5, 0.6) is 0 Å². The Morgan fingerprint density at radius 1 is 0.862 bits per heavy atom. The first-order valence-corrected chi connectivity index (χ1v) is 10.4. The van der Waals surface area contributed by atoms with Crippen molar-refractivity contribution in [3.8, 4) is 5.69 Å². The van der Waals surface area contributed by atoms with Crippen LogP contribution in [0, 0.1) is 6.92 Å². The summed E-state index contributed by atoms with van der Waals surface area (Å²) in [4.78, 5) is 17.4. The molecule has 1 fully saturated rings. The minimum Gasteiger partial charge on any atom is -0.368 e. The highest BCUT2D eigenvalue weighted by Crippen LogP contribution is 2.22. The lowest BCUT2D eigenvalue weighted by Crippen LogP contribution is -2.46. The largest absolute Gasteiger partial charge is 0.368 e. The summed E-state index contributed by atoms with van der Waals surface area (Å²) in [5, 5.41) is 4.27. The van der Waals surface area contributed by atoms with E-state index in [-0.39, 0.29) is 11.7 Å². The normalized spacial score (nSPS) is 15.6. The van der Waals surface area contributed by atoms with Crippen LogP contribution >= 0.6 is 0 Å². The van der Waals surface area contributed by atoms with Crippen LogP contribution < -0.4 is 15.5 Å². The molecule has 4 rings (SSSR count). The van der Waals surface area contributed by atoms with E-state index in [9.17, 15) is 4.79 Å². The molecule has 1 aliphatic heterocycles. The summed E-state index contributed by atoms with van der Waals surface area (Å²) in [6, 6.07) is 17.1. The van der Waals surface area contributed by atoms with Gasteiger partial charge in [-0.1, -0.05) is 24.6 Å². The smallest absolute Gasteiger partial charge is 0.350 e. The Bertz CT molecular complexity index is 995. The molecule has 0 amide bonds. The van der Waals surface area contributed by atoms with E-state index in [2.05, 4.69) is 65.1 Å². The third-order valence-electron chi connectivity index (χ3n) is 5.87. The molecule has 1 unspecified atom stereocenters. The number of nitrogens with zero attached hydrogens (tertiary/aromatic N) is 5. The summed E-state index contributed by atoms with van der Waals surface area (Å²) in [5.74, 6) is 0. The third kappa shape index (κ3) is 3.92. The molecule has 0 bridgehead atoms. The van der Waals surface area contributed by atoms with Gasteiger partial charge in [-0.25, -0.2) is 14.0 Å². The van der Waals surface area contributed by atoms with Gasteiger partial charge in [0.2, 0.25) is 0 Å². The molecule has 1 atom stereocenters. The van der Waals surface area contributed by atoms with E-state index >= 15 is 0 Å². The number of hydrogen-bond acceptors (Lipinski definition) is 4. The fourth-order valence-electron chi connectivity index (χ4n) is 3.77. The van der Waals surface area contributed by atoms with Crippen molar-refractivity contribution in [2.75, 3.05) is 36.0 Å². The van der Waals surface area contributed by atoms with Gasteiger partial charge in [0, 0.05) is 37.6 Å². The minimum absolute atomic E-state index is 0.0844. The maximum atomic E-state index is 12.6. The lowest BCUT2D eigenvalue weighted by Gasteiger charge is -2.37. The van der Waals surface area contributed by atoms with Crippen LogP contribution in [0.25, 0.3) is 5.69 Å². The molecule has 2 heterocycles. The van der Waals surface area contributed by atoms with Gasteiger partial charge in [-0.3, -0.25) is 0 Å². The van der Waals surface area contributed by atoms with Crippen LogP contribution in [0.3, 0.4) is 0 Å². The van der Waals surface area contributed by atoms with Crippen LogP contribution in [0.4, 0.5) is 11.4 Å². The van der Waals surface area contributed by atoms with Crippen molar-refractivity contribution in [3.63, 3.8) is 0 Å². The highest BCUT2D eigenvalue weighted by molar-refractivity contribution is 5.54. The van der Waals surface area contributed by atoms with Crippen molar-refractivity contribution in [2.45, 2.75) is 33.2 Å². The number of hydrogen-bond donors (Lipinski definition) is 0. The van der Waals surface area contributed by atoms with E-state index in [0.29, 0.717) is 0 Å². The number of anilines is 2. The van der Waals surface area contributed by atoms with Crippen molar-refractivity contribution in [1.29, 1.82) is 0 Å². The molecule has 6 nitrogen and oxygen atoms in total. The molecule has 1 aliphatic rings. The average Bonchev–Trinajstić information content (AvgIpc) is 3.15. The average molecular weight is 392 g/mol. The molecule has 1 saturated heterocycles. The zero-order valence-electron chi connectivity index (χ0n) is 17.5. The van der Waals surface area contributed by atoms with Gasteiger partial charge in [-0.2, -0.15) is 5.10 Å². The zero-order valence-corrected chi connectivity index (χ0v) is 17.5. The number of aromatic nitrogens is 3. The molecule has 3 aromatic rings. The molecule has 0 saturated carbocycles. The van der Waals surface area contributed by atoms with Gasteiger partial charge >= 0.3 is 5.69 Å². The van der Waals surface area contributed by atoms with Crippen molar-refractivity contribution in [1.82, 2.24) is 14.3 Å². The summed E-state index contributed by atoms with van der Waals surface area (Å²) in [5.41, 5.74) is 4.55. The van der Waals surface area contributed by atoms with Crippen LogP contribution in [0.1, 0.15) is 31.9 Å². The second-order valence-corrected chi connectivity index (χ2v) is 7.81. The molecule has 0 aliphatic carbocycles. The summed E-state index contributed by atoms with van der Waals surface area (Å²) in [7, 11) is 0. The first kappa shape index (κ1) is 19.3. The molecule has 152 valence electrons. The highest BCUT2D eigenvalue weighted by Gasteiger charge is 2.18. The first-order chi connectivity index (χ1) is 14.1. The van der Waals surface area contributed by atoms with Gasteiger partial charge in [0.1, 0.15) is 6.33 Å². The van der Waals surface area contributed by atoms with E-state index in [0.717, 1.165) is 38.3 Å². The summed E-state index contributed by atoms with van der Waals surface area (Å²) in [6.45, 7) is 10.2. The maximum Gasteiger partial charge on any atom is 0.350 e. The Balaban J connectivity index is 1.43. The van der Waals surface area contributed by atoms with Crippen LogP contribution in [0.2, 0.25) is 0 Å². The van der Waals surface area contributed by atoms with Gasteiger partial charge in [0.15, 0.2) is 0 Å². The monoisotopic (exact) mass is 391 g/mol. The summed E-state index contributed by atoms with van der Waals surface area (Å²) < 4.78 is 3.17. The summed E-state index contributed by atoms with van der Waals surface area (Å²) in [6.07, 6.45) is 2.49. The van der Waals surface area contributed by atoms with Crippen molar-refractivity contribution in [3.05, 3.63) is 70.9 Å². The number of aryl methyl sites for hydroxylation is 1. The number of benzene rings is 2. The van der Waals surface area contributed by atoms with E-state index in [1.165, 1.54) is 16.9 Å². The SMILES string of the molecule is CCC(C)n1ncn(-c2ccc(N3CCN(c4ccc(C)cc4)CC3)cc2)c1=O. The molecule has 0 spiro atoms. The van der Waals surface area contributed by atoms with Crippen LogP contribution in [0.15, 0.2) is 59.7 Å². The van der Waals surface area contributed by atoms with E-state index in [1.54, 1.807) is 15.6 Å². The topological polar surface area (TPSA) is 46.3 Å². The van der Waals surface area contributed by atoms with Gasteiger partial charge in [0.25, 0.3) is 0 Å². The second-order valence-electron chi connectivity index (χ2n) is 7.81. The minimum atomic E-state index is -0.0844. The number of rotatable bonds is 5. The highest BCUT2D eigenvalue weighted by atomic mass is 16.2. The van der Waals surface area contributed by atoms with Crippen molar-refractivity contribution >= 4 is 11.4 Å². The zero-order chi connectivity index (χ0) is 20.4. The molecular weight excluding hydrogens is 362 g/mol. The Morgan fingerprint density at radius 3 is 1.86 bits per heavy atom. The van der Waals surface area contributed by atoms with Crippen molar-refractivity contribution < 1.29 is 0 Å². The Kier molecular flexibility index (Phi) is 5.43. The van der Waals surface area contributed by atoms with Gasteiger partial charge < -0.3 is 9.80 Å². The van der Waals surface area contributed by atoms with Gasteiger partial charge in [-0.05, 0) is 56.7 Å². The van der Waals surface area contributed by atoms with Crippen LogP contribution in [-0.4, -0.2) is 40.5 Å². The number of piperazine rings is 1. The molecule has 1 aromatic heterocycles. The van der Waals surface area contributed by atoms with Gasteiger partial charge in [-0.15, -0.1) is 0 Å². The summed E-state index contributed by atoms with van der Waals surface area (Å²) >= 11 is 0. The first-order valence-electron chi connectivity index (χ1n) is 10.4. The lowest BCUT2D eigenvalue weighted by molar-refractivity contribution is 0.460. The second kappa shape index (κ2) is 8.15. The molecule has 0 N–H and O–H groups in total. The quantitative estimate of drug-likeness (QED) is 0.666. The Labute approximate surface area is 172 Å². The molecule has 2 aromatic carbocycles. The standard InChI is InChI=1S/C23H29N5O/c1-4-19(3)28-23(29)27(17-24-28)22-11-9-21(10-12-22)26-15-13-25(14-16-26)20-7-5-18(2)6-8-20/h5-12,17,19H,4,13-16H2,1-3H3. The lowest BCUT2D eigenvalue weighted by atomic mass is 10.2. The Morgan fingerprint density at radius 2 is 1.34 bits per heavy atom. The Hall–Kier alpha value is -3.02. The molecule has 29 heavy (non-hydrogen) atoms. The third-order valence-corrected chi connectivity index (χ3v) is 5.87. The van der Waals surface area contributed by atoms with Gasteiger partial charge in [0.05, 0.1) is 11.7 Å². The van der Waals surface area contributed by atoms with Crippen molar-refractivity contribution in [2.24, 2.45) is 0 Å². The maximum absolute atomic E-state index is 12.6. The fourth-order valence-corrected chi connectivity index (χ4v) is 3.77. The predicted octanol–water partition coefficient (Wildman–Crippen LogP) is 3.64. The fraction of sp³-hybridized carbons (Fsp3) is 0.391. The van der Waals surface area contributed by atoms with E-state index < -0.39 is 0 Å². The van der Waals surface area contributed by atoms with Crippen LogP contribution in [-0.2, 0) is 0 Å². The molecule has 6 heteroatoms.